The molecular weight excluding hydrogens is 380 g/mol. The minimum absolute atomic E-state index is 0.0659. The summed E-state index contributed by atoms with van der Waals surface area (Å²) in [5, 5.41) is 14.5. The fourth-order valence-corrected chi connectivity index (χ4v) is 2.87. The van der Waals surface area contributed by atoms with E-state index in [1.807, 2.05) is 0 Å². The van der Waals surface area contributed by atoms with E-state index in [1.54, 1.807) is 6.07 Å². The molecule has 0 spiro atoms. The second kappa shape index (κ2) is 8.68. The van der Waals surface area contributed by atoms with Gasteiger partial charge in [0.05, 0.1) is 0 Å². The minimum Gasteiger partial charge on any atom is -0.507 e. The van der Waals surface area contributed by atoms with Crippen LogP contribution in [-0.2, 0) is 9.53 Å². The summed E-state index contributed by atoms with van der Waals surface area (Å²) in [6.45, 7) is -0.608. The molecule has 7 nitrogen and oxygen atoms in total. The Morgan fingerprint density at radius 3 is 2.62 bits per heavy atom. The highest BCUT2D eigenvalue weighted by molar-refractivity contribution is 9.10. The van der Waals surface area contributed by atoms with Crippen LogP contribution in [0.5, 0.6) is 5.75 Å². The lowest BCUT2D eigenvalue weighted by atomic mass is 9.96. The molecule has 1 saturated carbocycles. The number of carbonyl (C=O) groups excluding carboxylic acids is 3. The van der Waals surface area contributed by atoms with Crippen LogP contribution >= 0.6 is 15.9 Å². The zero-order valence-electron chi connectivity index (χ0n) is 13.0. The van der Waals surface area contributed by atoms with E-state index in [-0.39, 0.29) is 17.4 Å². The first kappa shape index (κ1) is 18.3. The monoisotopic (exact) mass is 398 g/mol. The van der Waals surface area contributed by atoms with Crippen LogP contribution < -0.4 is 10.6 Å². The molecular formula is C16H19BrN2O5. The number of benzene rings is 1. The van der Waals surface area contributed by atoms with Crippen molar-refractivity contribution in [3.63, 3.8) is 0 Å². The Morgan fingerprint density at radius 2 is 1.92 bits per heavy atom. The van der Waals surface area contributed by atoms with Gasteiger partial charge in [0.2, 0.25) is 0 Å². The number of ether oxygens (including phenoxy) is 1. The van der Waals surface area contributed by atoms with Crippen LogP contribution in [0.4, 0.5) is 4.79 Å². The molecule has 1 aromatic carbocycles. The number of hydrogen-bond acceptors (Lipinski definition) is 5. The lowest BCUT2D eigenvalue weighted by Crippen LogP contribution is -2.46. The zero-order chi connectivity index (χ0) is 17.5. The molecule has 130 valence electrons. The van der Waals surface area contributed by atoms with E-state index in [2.05, 4.69) is 26.6 Å². The van der Waals surface area contributed by atoms with Crippen molar-refractivity contribution < 1.29 is 24.2 Å². The predicted molar refractivity (Wildman–Crippen MR) is 89.6 cm³/mol. The standard InChI is InChI=1S/C16H19BrN2O5/c17-10-6-7-13(20)12(8-10)15(22)24-9-14(21)19-16(23)18-11-4-2-1-3-5-11/h6-8,11,20H,1-5,9H2,(H2,18,19,21,23). The van der Waals surface area contributed by atoms with Gasteiger partial charge in [-0.3, -0.25) is 10.1 Å². The first-order valence-corrected chi connectivity index (χ1v) is 8.51. The Labute approximate surface area is 147 Å². The van der Waals surface area contributed by atoms with Crippen LogP contribution in [0.3, 0.4) is 0 Å². The lowest BCUT2D eigenvalue weighted by molar-refractivity contribution is -0.123. The molecule has 0 radical (unpaired) electrons. The van der Waals surface area contributed by atoms with Gasteiger partial charge < -0.3 is 15.2 Å². The molecule has 0 bridgehead atoms. The van der Waals surface area contributed by atoms with Gasteiger partial charge in [0.25, 0.3) is 5.91 Å². The number of nitrogens with one attached hydrogen (secondary N) is 2. The molecule has 0 aliphatic heterocycles. The number of urea groups is 1. The van der Waals surface area contributed by atoms with Crippen LogP contribution in [0.15, 0.2) is 22.7 Å². The Kier molecular flexibility index (Phi) is 6.60. The second-order valence-corrected chi connectivity index (χ2v) is 6.51. The highest BCUT2D eigenvalue weighted by Gasteiger charge is 2.18. The summed E-state index contributed by atoms with van der Waals surface area (Å²) in [7, 11) is 0. The molecule has 0 atom stereocenters. The maximum Gasteiger partial charge on any atom is 0.342 e. The minimum atomic E-state index is -0.850. The van der Waals surface area contributed by atoms with Crippen molar-refractivity contribution in [1.82, 2.24) is 10.6 Å². The van der Waals surface area contributed by atoms with Crippen LogP contribution in [-0.4, -0.2) is 35.7 Å². The summed E-state index contributed by atoms with van der Waals surface area (Å²) < 4.78 is 5.39. The average Bonchev–Trinajstić information content (AvgIpc) is 2.55. The van der Waals surface area contributed by atoms with Gasteiger partial charge >= 0.3 is 12.0 Å². The molecule has 3 amide bonds. The molecule has 0 unspecified atom stereocenters. The Morgan fingerprint density at radius 1 is 1.21 bits per heavy atom. The Balaban J connectivity index is 1.76. The molecule has 8 heteroatoms. The van der Waals surface area contributed by atoms with E-state index < -0.39 is 24.5 Å². The van der Waals surface area contributed by atoms with E-state index in [4.69, 9.17) is 4.74 Å². The van der Waals surface area contributed by atoms with Gasteiger partial charge in [-0.25, -0.2) is 9.59 Å². The average molecular weight is 399 g/mol. The smallest absolute Gasteiger partial charge is 0.342 e. The van der Waals surface area contributed by atoms with Gasteiger partial charge in [-0.15, -0.1) is 0 Å². The molecule has 3 N–H and O–H groups in total. The van der Waals surface area contributed by atoms with Crippen LogP contribution in [0.1, 0.15) is 42.5 Å². The molecule has 0 aromatic heterocycles. The van der Waals surface area contributed by atoms with E-state index in [9.17, 15) is 19.5 Å². The number of halogens is 1. The number of phenols is 1. The fraction of sp³-hybridized carbons (Fsp3) is 0.438. The molecule has 1 aromatic rings. The zero-order valence-corrected chi connectivity index (χ0v) is 14.6. The highest BCUT2D eigenvalue weighted by Crippen LogP contribution is 2.22. The summed E-state index contributed by atoms with van der Waals surface area (Å²) in [6.07, 6.45) is 5.09. The van der Waals surface area contributed by atoms with Gasteiger partial charge in [-0.05, 0) is 31.0 Å². The van der Waals surface area contributed by atoms with Gasteiger partial charge in [0.15, 0.2) is 6.61 Å². The summed E-state index contributed by atoms with van der Waals surface area (Å²) >= 11 is 3.17. The van der Waals surface area contributed by atoms with Gasteiger partial charge in [-0.1, -0.05) is 35.2 Å². The molecule has 1 aliphatic rings. The summed E-state index contributed by atoms with van der Waals surface area (Å²) in [4.78, 5) is 35.2. The van der Waals surface area contributed by atoms with Crippen LogP contribution in [0, 0.1) is 0 Å². The van der Waals surface area contributed by atoms with Crippen molar-refractivity contribution in [2.75, 3.05) is 6.61 Å². The number of carbonyl (C=O) groups is 3. The summed E-state index contributed by atoms with van der Waals surface area (Å²) in [5.74, 6) is -1.83. The Bertz CT molecular complexity index is 629. The van der Waals surface area contributed by atoms with Crippen molar-refractivity contribution in [3.8, 4) is 5.75 Å². The molecule has 0 heterocycles. The van der Waals surface area contributed by atoms with Gasteiger partial charge in [0.1, 0.15) is 11.3 Å². The molecule has 24 heavy (non-hydrogen) atoms. The van der Waals surface area contributed by atoms with Gasteiger partial charge in [0, 0.05) is 10.5 Å². The number of phenolic OH excluding ortho intramolecular Hbond substituents is 1. The number of rotatable bonds is 4. The van der Waals surface area contributed by atoms with Gasteiger partial charge in [-0.2, -0.15) is 0 Å². The number of aromatic hydroxyl groups is 1. The summed E-state index contributed by atoms with van der Waals surface area (Å²) in [5.41, 5.74) is -0.0659. The third-order valence-corrected chi connectivity index (χ3v) is 4.20. The van der Waals surface area contributed by atoms with E-state index in [0.717, 1.165) is 32.1 Å². The van der Waals surface area contributed by atoms with E-state index in [1.165, 1.54) is 12.1 Å². The predicted octanol–water partition coefficient (Wildman–Crippen LogP) is 2.47. The summed E-state index contributed by atoms with van der Waals surface area (Å²) in [6, 6.07) is 3.76. The largest absolute Gasteiger partial charge is 0.507 e. The SMILES string of the molecule is O=C(COC(=O)c1cc(Br)ccc1O)NC(=O)NC1CCCCC1. The lowest BCUT2D eigenvalue weighted by Gasteiger charge is -2.22. The normalized spacial score (nSPS) is 14.7. The topological polar surface area (TPSA) is 105 Å². The van der Waals surface area contributed by atoms with E-state index >= 15 is 0 Å². The maximum atomic E-state index is 11.8. The second-order valence-electron chi connectivity index (χ2n) is 5.59. The third kappa shape index (κ3) is 5.52. The van der Waals surface area contributed by atoms with Crippen molar-refractivity contribution >= 4 is 33.8 Å². The van der Waals surface area contributed by atoms with Crippen molar-refractivity contribution in [3.05, 3.63) is 28.2 Å². The third-order valence-electron chi connectivity index (χ3n) is 3.71. The number of esters is 1. The van der Waals surface area contributed by atoms with Crippen molar-refractivity contribution in [1.29, 1.82) is 0 Å². The van der Waals surface area contributed by atoms with E-state index in [0.29, 0.717) is 4.47 Å². The first-order chi connectivity index (χ1) is 11.5. The number of amides is 3. The molecule has 2 rings (SSSR count). The van der Waals surface area contributed by atoms with Crippen LogP contribution in [0.25, 0.3) is 0 Å². The molecule has 1 aliphatic carbocycles. The highest BCUT2D eigenvalue weighted by atomic mass is 79.9. The fourth-order valence-electron chi connectivity index (χ4n) is 2.51. The number of hydrogen-bond donors (Lipinski definition) is 3. The quantitative estimate of drug-likeness (QED) is 0.675. The molecule has 1 fully saturated rings. The van der Waals surface area contributed by atoms with Crippen LogP contribution in [0.2, 0.25) is 0 Å². The first-order valence-electron chi connectivity index (χ1n) is 7.71. The molecule has 0 saturated heterocycles. The number of imide groups is 1. The maximum absolute atomic E-state index is 11.8. The van der Waals surface area contributed by atoms with Crippen molar-refractivity contribution in [2.24, 2.45) is 0 Å². The van der Waals surface area contributed by atoms with Crippen molar-refractivity contribution in [2.45, 2.75) is 38.1 Å². The Hall–Kier alpha value is -2.09.